The first kappa shape index (κ1) is 11.1. The summed E-state index contributed by atoms with van der Waals surface area (Å²) in [4.78, 5) is 14.1. The summed E-state index contributed by atoms with van der Waals surface area (Å²) in [5.41, 5.74) is 1.79. The van der Waals surface area contributed by atoms with Gasteiger partial charge in [-0.3, -0.25) is 9.89 Å². The molecule has 2 aromatic heterocycles. The molecule has 0 unspecified atom stereocenters. The van der Waals surface area contributed by atoms with Crippen LogP contribution in [-0.4, -0.2) is 32.6 Å². The summed E-state index contributed by atoms with van der Waals surface area (Å²) in [6.07, 6.45) is 7.91. The maximum atomic E-state index is 12.4. The molecule has 5 nitrogen and oxygen atoms in total. The molecule has 3 rings (SSSR count). The van der Waals surface area contributed by atoms with Crippen molar-refractivity contribution in [3.63, 3.8) is 0 Å². The number of hydrogen-bond donors (Lipinski definition) is 1. The maximum absolute atomic E-state index is 12.4. The van der Waals surface area contributed by atoms with Gasteiger partial charge < -0.3 is 9.47 Å². The fraction of sp³-hybridized carbons (Fsp3) is 0.385. The van der Waals surface area contributed by atoms with Crippen LogP contribution in [0.5, 0.6) is 0 Å². The number of H-pyrrole nitrogens is 1. The first-order chi connectivity index (χ1) is 8.75. The van der Waals surface area contributed by atoms with Crippen molar-refractivity contribution in [2.24, 2.45) is 0 Å². The number of nitrogens with one attached hydrogen (secondary N) is 1. The monoisotopic (exact) mass is 244 g/mol. The van der Waals surface area contributed by atoms with E-state index >= 15 is 0 Å². The number of amides is 1. The molecule has 1 amide bonds. The highest BCUT2D eigenvalue weighted by Gasteiger charge is 2.27. The Morgan fingerprint density at radius 2 is 2.44 bits per heavy atom. The summed E-state index contributed by atoms with van der Waals surface area (Å²) in [5.74, 6) is 0.0631. The zero-order chi connectivity index (χ0) is 12.5. The first-order valence-corrected chi connectivity index (χ1v) is 6.15. The highest BCUT2D eigenvalue weighted by molar-refractivity contribution is 5.92. The molecule has 5 heteroatoms. The van der Waals surface area contributed by atoms with Crippen molar-refractivity contribution < 1.29 is 4.79 Å². The second-order valence-corrected chi connectivity index (χ2v) is 4.80. The zero-order valence-corrected chi connectivity index (χ0v) is 10.3. The predicted molar refractivity (Wildman–Crippen MR) is 67.1 cm³/mol. The summed E-state index contributed by atoms with van der Waals surface area (Å²) >= 11 is 0. The van der Waals surface area contributed by atoms with Crippen molar-refractivity contribution in [2.75, 3.05) is 7.05 Å². The van der Waals surface area contributed by atoms with Crippen molar-refractivity contribution in [2.45, 2.75) is 25.4 Å². The van der Waals surface area contributed by atoms with Gasteiger partial charge in [-0.25, -0.2) is 0 Å². The molecule has 0 aliphatic heterocycles. The Balaban J connectivity index is 1.75. The Morgan fingerprint density at radius 1 is 1.61 bits per heavy atom. The number of aromatic nitrogens is 3. The summed E-state index contributed by atoms with van der Waals surface area (Å²) in [6, 6.07) is 4.37. The fourth-order valence-corrected chi connectivity index (χ4v) is 2.15. The Morgan fingerprint density at radius 3 is 3.11 bits per heavy atom. The van der Waals surface area contributed by atoms with Crippen LogP contribution < -0.4 is 0 Å². The highest BCUT2D eigenvalue weighted by atomic mass is 16.2. The molecule has 0 bridgehead atoms. The van der Waals surface area contributed by atoms with Gasteiger partial charge in [0.1, 0.15) is 5.69 Å². The third kappa shape index (κ3) is 2.03. The third-order valence-corrected chi connectivity index (χ3v) is 3.26. The predicted octanol–water partition coefficient (Wildman–Crippen LogP) is 1.82. The largest absolute Gasteiger partial charge is 0.340 e. The molecule has 0 radical (unpaired) electrons. The molecule has 0 atom stereocenters. The molecule has 0 spiro atoms. The van der Waals surface area contributed by atoms with Crippen LogP contribution in [0.3, 0.4) is 0 Å². The molecule has 2 heterocycles. The number of nitrogens with zero attached hydrogens (tertiary/aromatic N) is 3. The van der Waals surface area contributed by atoms with Gasteiger partial charge in [0.2, 0.25) is 0 Å². The van der Waals surface area contributed by atoms with E-state index in [1.165, 1.54) is 12.8 Å². The van der Waals surface area contributed by atoms with Crippen LogP contribution in [0.2, 0.25) is 0 Å². The molecule has 94 valence electrons. The molecule has 1 fully saturated rings. The molecular weight excluding hydrogens is 228 g/mol. The zero-order valence-electron chi connectivity index (χ0n) is 10.3. The summed E-state index contributed by atoms with van der Waals surface area (Å²) in [6.45, 7) is 0.575. The molecule has 0 aromatic carbocycles. The second-order valence-electron chi connectivity index (χ2n) is 4.80. The van der Waals surface area contributed by atoms with Crippen LogP contribution in [0.15, 0.2) is 30.7 Å². The Kier molecular flexibility index (Phi) is 2.66. The van der Waals surface area contributed by atoms with E-state index < -0.39 is 0 Å². The molecule has 1 saturated carbocycles. The third-order valence-electron chi connectivity index (χ3n) is 3.26. The van der Waals surface area contributed by atoms with Gasteiger partial charge in [-0.15, -0.1) is 0 Å². The van der Waals surface area contributed by atoms with E-state index in [4.69, 9.17) is 0 Å². The standard InChI is InChI=1S/C13H16N4O/c1-16(9-10-7-14-15-8-10)13(18)12-3-2-6-17(12)11-4-5-11/h2-3,6-8,11H,4-5,9H2,1H3,(H,14,15). The molecular formula is C13H16N4O. The van der Waals surface area contributed by atoms with Crippen LogP contribution in [-0.2, 0) is 6.54 Å². The summed E-state index contributed by atoms with van der Waals surface area (Å²) in [7, 11) is 1.82. The minimum absolute atomic E-state index is 0.0631. The van der Waals surface area contributed by atoms with Gasteiger partial charge in [0.05, 0.1) is 6.20 Å². The molecule has 0 saturated heterocycles. The van der Waals surface area contributed by atoms with Crippen molar-refractivity contribution in [3.8, 4) is 0 Å². The average Bonchev–Trinajstić information content (AvgIpc) is 2.90. The minimum Gasteiger partial charge on any atom is -0.340 e. The van der Waals surface area contributed by atoms with E-state index in [9.17, 15) is 4.79 Å². The van der Waals surface area contributed by atoms with E-state index in [1.807, 2.05) is 31.6 Å². The van der Waals surface area contributed by atoms with E-state index in [0.29, 0.717) is 12.6 Å². The number of aromatic amines is 1. The smallest absolute Gasteiger partial charge is 0.270 e. The number of carbonyl (C=O) groups is 1. The molecule has 1 N–H and O–H groups in total. The number of hydrogen-bond acceptors (Lipinski definition) is 2. The molecule has 1 aliphatic rings. The van der Waals surface area contributed by atoms with Gasteiger partial charge >= 0.3 is 0 Å². The first-order valence-electron chi connectivity index (χ1n) is 6.15. The molecule has 1 aliphatic carbocycles. The van der Waals surface area contributed by atoms with Crippen molar-refractivity contribution in [3.05, 3.63) is 42.0 Å². The van der Waals surface area contributed by atoms with Crippen LogP contribution >= 0.6 is 0 Å². The van der Waals surface area contributed by atoms with Gasteiger partial charge in [-0.05, 0) is 25.0 Å². The lowest BCUT2D eigenvalue weighted by atomic mass is 10.3. The van der Waals surface area contributed by atoms with Crippen LogP contribution in [0, 0.1) is 0 Å². The topological polar surface area (TPSA) is 53.9 Å². The lowest BCUT2D eigenvalue weighted by Crippen LogP contribution is -2.28. The van der Waals surface area contributed by atoms with Gasteiger partial charge in [-0.2, -0.15) is 5.10 Å². The van der Waals surface area contributed by atoms with Gasteiger partial charge in [0, 0.05) is 37.6 Å². The lowest BCUT2D eigenvalue weighted by molar-refractivity contribution is 0.0774. The Labute approximate surface area is 105 Å². The summed E-state index contributed by atoms with van der Waals surface area (Å²) in [5, 5.41) is 6.64. The van der Waals surface area contributed by atoms with E-state index in [2.05, 4.69) is 14.8 Å². The maximum Gasteiger partial charge on any atom is 0.270 e. The SMILES string of the molecule is CN(Cc1cn[nH]c1)C(=O)c1cccn1C1CC1. The van der Waals surface area contributed by atoms with Crippen LogP contribution in [0.25, 0.3) is 0 Å². The van der Waals surface area contributed by atoms with E-state index in [1.54, 1.807) is 11.1 Å². The van der Waals surface area contributed by atoms with E-state index in [-0.39, 0.29) is 5.91 Å². The second kappa shape index (κ2) is 4.33. The van der Waals surface area contributed by atoms with Crippen molar-refractivity contribution in [1.82, 2.24) is 19.7 Å². The van der Waals surface area contributed by atoms with Crippen LogP contribution in [0.1, 0.15) is 34.9 Å². The quantitative estimate of drug-likeness (QED) is 0.892. The van der Waals surface area contributed by atoms with Crippen molar-refractivity contribution >= 4 is 5.91 Å². The average molecular weight is 244 g/mol. The van der Waals surface area contributed by atoms with E-state index in [0.717, 1.165) is 11.3 Å². The van der Waals surface area contributed by atoms with Gasteiger partial charge in [0.15, 0.2) is 0 Å². The van der Waals surface area contributed by atoms with Crippen LogP contribution in [0.4, 0.5) is 0 Å². The number of carbonyl (C=O) groups excluding carboxylic acids is 1. The van der Waals surface area contributed by atoms with Gasteiger partial charge in [-0.1, -0.05) is 0 Å². The molecule has 2 aromatic rings. The summed E-state index contributed by atoms with van der Waals surface area (Å²) < 4.78 is 2.09. The van der Waals surface area contributed by atoms with Gasteiger partial charge in [0.25, 0.3) is 5.91 Å². The fourth-order valence-electron chi connectivity index (χ4n) is 2.15. The Bertz CT molecular complexity index is 539. The molecule has 18 heavy (non-hydrogen) atoms. The number of rotatable bonds is 4. The Hall–Kier alpha value is -2.04. The van der Waals surface area contributed by atoms with Crippen molar-refractivity contribution in [1.29, 1.82) is 0 Å². The normalized spacial score (nSPS) is 14.7. The lowest BCUT2D eigenvalue weighted by Gasteiger charge is -2.17. The highest BCUT2D eigenvalue weighted by Crippen LogP contribution is 2.36. The minimum atomic E-state index is 0.0631.